The Kier molecular flexibility index (Phi) is 3.86. The van der Waals surface area contributed by atoms with E-state index in [0.717, 1.165) is 6.07 Å². The smallest absolute Gasteiger partial charge is 0.273 e. The molecule has 8 heteroatoms. The molecule has 108 valence electrons. The van der Waals surface area contributed by atoms with Gasteiger partial charge in [-0.3, -0.25) is 14.9 Å². The largest absolute Gasteiger partial charge is 0.506 e. The molecular weight excluding hydrogens is 266 g/mol. The van der Waals surface area contributed by atoms with E-state index in [1.165, 1.54) is 12.1 Å². The monoisotopic (exact) mass is 281 g/mol. The van der Waals surface area contributed by atoms with Crippen LogP contribution in [0.25, 0.3) is 0 Å². The van der Waals surface area contributed by atoms with Gasteiger partial charge in [0.25, 0.3) is 5.69 Å². The van der Waals surface area contributed by atoms with Crippen LogP contribution in [0.1, 0.15) is 12.8 Å². The molecule has 0 bridgehead atoms. The fourth-order valence-electron chi connectivity index (χ4n) is 1.95. The summed E-state index contributed by atoms with van der Waals surface area (Å²) in [5, 5.41) is 22.7. The number of hydrogen-bond donors (Lipinski definition) is 3. The van der Waals surface area contributed by atoms with Crippen LogP contribution in [0.15, 0.2) is 18.2 Å². The number of nitrogens with one attached hydrogen (secondary N) is 1. The van der Waals surface area contributed by atoms with Gasteiger partial charge < -0.3 is 20.9 Å². The Hall–Kier alpha value is -2.19. The van der Waals surface area contributed by atoms with Gasteiger partial charge in [0, 0.05) is 19.3 Å². The van der Waals surface area contributed by atoms with Gasteiger partial charge in [-0.05, 0) is 18.9 Å². The molecule has 0 saturated carbocycles. The number of ether oxygens (including phenoxy) is 1. The van der Waals surface area contributed by atoms with Crippen LogP contribution in [0.5, 0.6) is 5.75 Å². The average molecular weight is 281 g/mol. The normalized spacial score (nSPS) is 17.4. The lowest BCUT2D eigenvalue weighted by Crippen LogP contribution is -2.54. The van der Waals surface area contributed by atoms with Crippen molar-refractivity contribution < 1.29 is 19.6 Å². The standard InChI is InChI=1S/C12H15N3O5/c13-12(3-5-20-6-4-12)11(17)14-9-2-1-8(15(18)19)7-10(9)16/h1-2,7,16H,3-6,13H2,(H,14,17). The fourth-order valence-corrected chi connectivity index (χ4v) is 1.95. The zero-order valence-corrected chi connectivity index (χ0v) is 10.7. The summed E-state index contributed by atoms with van der Waals surface area (Å²) < 4.78 is 5.15. The number of phenolic OH excluding ortho intramolecular Hbond substituents is 1. The van der Waals surface area contributed by atoms with Crippen LogP contribution in [0, 0.1) is 10.1 Å². The highest BCUT2D eigenvalue weighted by molar-refractivity contribution is 5.99. The molecule has 0 spiro atoms. The van der Waals surface area contributed by atoms with Crippen LogP contribution >= 0.6 is 0 Å². The third kappa shape index (κ3) is 2.86. The molecule has 1 aliphatic heterocycles. The first-order valence-corrected chi connectivity index (χ1v) is 6.08. The lowest BCUT2D eigenvalue weighted by atomic mass is 9.90. The molecule has 0 radical (unpaired) electrons. The number of hydrogen-bond acceptors (Lipinski definition) is 6. The summed E-state index contributed by atoms with van der Waals surface area (Å²) in [6, 6.07) is 3.44. The minimum Gasteiger partial charge on any atom is -0.506 e. The number of carbonyl (C=O) groups excluding carboxylic acids is 1. The number of amides is 1. The van der Waals surface area contributed by atoms with Crippen molar-refractivity contribution >= 4 is 17.3 Å². The number of rotatable bonds is 3. The third-order valence-electron chi connectivity index (χ3n) is 3.28. The van der Waals surface area contributed by atoms with Crippen LogP contribution in [-0.2, 0) is 9.53 Å². The predicted octanol–water partition coefficient (Wildman–Crippen LogP) is 0.747. The van der Waals surface area contributed by atoms with Gasteiger partial charge in [-0.25, -0.2) is 0 Å². The number of non-ortho nitro benzene ring substituents is 1. The summed E-state index contributed by atoms with van der Waals surface area (Å²) in [4.78, 5) is 22.1. The van der Waals surface area contributed by atoms with Gasteiger partial charge in [-0.1, -0.05) is 0 Å². The highest BCUT2D eigenvalue weighted by Crippen LogP contribution is 2.29. The fraction of sp³-hybridized carbons (Fsp3) is 0.417. The Morgan fingerprint density at radius 2 is 2.10 bits per heavy atom. The summed E-state index contributed by atoms with van der Waals surface area (Å²) in [5.41, 5.74) is 4.79. The van der Waals surface area contributed by atoms with E-state index in [-0.39, 0.29) is 17.1 Å². The second-order valence-corrected chi connectivity index (χ2v) is 4.68. The van der Waals surface area contributed by atoms with Gasteiger partial charge in [0.1, 0.15) is 11.3 Å². The van der Waals surface area contributed by atoms with Crippen molar-refractivity contribution in [2.45, 2.75) is 18.4 Å². The summed E-state index contributed by atoms with van der Waals surface area (Å²) in [7, 11) is 0. The number of nitro groups is 1. The Bertz CT molecular complexity index is 540. The van der Waals surface area contributed by atoms with Gasteiger partial charge in [0.05, 0.1) is 16.7 Å². The molecule has 0 atom stereocenters. The Morgan fingerprint density at radius 1 is 1.45 bits per heavy atom. The van der Waals surface area contributed by atoms with Crippen molar-refractivity contribution in [1.82, 2.24) is 0 Å². The number of phenols is 1. The second-order valence-electron chi connectivity index (χ2n) is 4.68. The lowest BCUT2D eigenvalue weighted by Gasteiger charge is -2.31. The molecule has 4 N–H and O–H groups in total. The van der Waals surface area contributed by atoms with Gasteiger partial charge >= 0.3 is 0 Å². The predicted molar refractivity (Wildman–Crippen MR) is 70.4 cm³/mol. The minimum absolute atomic E-state index is 0.0944. The summed E-state index contributed by atoms with van der Waals surface area (Å²) in [5.74, 6) is -0.812. The van der Waals surface area contributed by atoms with E-state index in [1.807, 2.05) is 0 Å². The summed E-state index contributed by atoms with van der Waals surface area (Å²) in [6.07, 6.45) is 0.763. The van der Waals surface area contributed by atoms with Crippen molar-refractivity contribution in [1.29, 1.82) is 0 Å². The average Bonchev–Trinajstić information content (AvgIpc) is 2.41. The molecule has 1 fully saturated rings. The van der Waals surface area contributed by atoms with Crippen LogP contribution in [0.3, 0.4) is 0 Å². The minimum atomic E-state index is -1.05. The topological polar surface area (TPSA) is 128 Å². The van der Waals surface area contributed by atoms with E-state index in [9.17, 15) is 20.0 Å². The maximum atomic E-state index is 12.1. The number of aromatic hydroxyl groups is 1. The van der Waals surface area contributed by atoms with Gasteiger partial charge in [0.15, 0.2) is 0 Å². The summed E-state index contributed by atoms with van der Waals surface area (Å²) >= 11 is 0. The molecule has 1 aromatic rings. The van der Waals surface area contributed by atoms with Gasteiger partial charge in [-0.15, -0.1) is 0 Å². The molecule has 1 amide bonds. The van der Waals surface area contributed by atoms with Crippen LogP contribution in [0.2, 0.25) is 0 Å². The van der Waals surface area contributed by atoms with Gasteiger partial charge in [0.2, 0.25) is 5.91 Å². The van der Waals surface area contributed by atoms with Crippen molar-refractivity contribution in [2.75, 3.05) is 18.5 Å². The van der Waals surface area contributed by atoms with E-state index < -0.39 is 16.4 Å². The van der Waals surface area contributed by atoms with E-state index in [1.54, 1.807) is 0 Å². The highest BCUT2D eigenvalue weighted by Gasteiger charge is 2.36. The molecule has 20 heavy (non-hydrogen) atoms. The van der Waals surface area contributed by atoms with E-state index in [4.69, 9.17) is 10.5 Å². The quantitative estimate of drug-likeness (QED) is 0.426. The molecule has 8 nitrogen and oxygen atoms in total. The van der Waals surface area contributed by atoms with Crippen LogP contribution in [0.4, 0.5) is 11.4 Å². The Balaban J connectivity index is 2.13. The van der Waals surface area contributed by atoms with E-state index in [2.05, 4.69) is 5.32 Å². The number of nitrogens with zero attached hydrogens (tertiary/aromatic N) is 1. The summed E-state index contributed by atoms with van der Waals surface area (Å²) in [6.45, 7) is 0.798. The zero-order chi connectivity index (χ0) is 14.8. The molecule has 1 aromatic carbocycles. The SMILES string of the molecule is NC1(C(=O)Nc2ccc([N+](=O)[O-])cc2O)CCOCC1. The first-order valence-electron chi connectivity index (χ1n) is 6.08. The third-order valence-corrected chi connectivity index (χ3v) is 3.28. The van der Waals surface area contributed by atoms with Crippen molar-refractivity contribution in [3.63, 3.8) is 0 Å². The van der Waals surface area contributed by atoms with E-state index >= 15 is 0 Å². The van der Waals surface area contributed by atoms with Crippen LogP contribution < -0.4 is 11.1 Å². The molecule has 0 aliphatic carbocycles. The van der Waals surface area contributed by atoms with E-state index in [0.29, 0.717) is 26.1 Å². The highest BCUT2D eigenvalue weighted by atomic mass is 16.6. The number of nitro benzene ring substituents is 1. The Labute approximate surface area is 114 Å². The number of nitrogens with two attached hydrogens (primary N) is 1. The molecule has 0 aromatic heterocycles. The Morgan fingerprint density at radius 3 is 2.65 bits per heavy atom. The molecule has 1 saturated heterocycles. The van der Waals surface area contributed by atoms with Crippen LogP contribution in [-0.4, -0.2) is 34.7 Å². The number of anilines is 1. The molecule has 2 rings (SSSR count). The van der Waals surface area contributed by atoms with Crippen molar-refractivity contribution in [3.05, 3.63) is 28.3 Å². The molecular formula is C12H15N3O5. The second kappa shape index (κ2) is 5.43. The van der Waals surface area contributed by atoms with Gasteiger partial charge in [-0.2, -0.15) is 0 Å². The van der Waals surface area contributed by atoms with Crippen molar-refractivity contribution in [3.8, 4) is 5.75 Å². The maximum Gasteiger partial charge on any atom is 0.273 e. The number of carbonyl (C=O) groups is 1. The first-order chi connectivity index (χ1) is 9.42. The molecule has 1 aliphatic rings. The molecule has 1 heterocycles. The zero-order valence-electron chi connectivity index (χ0n) is 10.7. The lowest BCUT2D eigenvalue weighted by molar-refractivity contribution is -0.384. The molecule has 0 unspecified atom stereocenters. The number of benzene rings is 1. The maximum absolute atomic E-state index is 12.1. The van der Waals surface area contributed by atoms with Crippen molar-refractivity contribution in [2.24, 2.45) is 5.73 Å². The first kappa shape index (κ1) is 14.2.